The van der Waals surface area contributed by atoms with Crippen LogP contribution in [0, 0.1) is 0 Å². The Morgan fingerprint density at radius 3 is 2.16 bits per heavy atom. The summed E-state index contributed by atoms with van der Waals surface area (Å²) >= 11 is 0. The Labute approximate surface area is 143 Å². The van der Waals surface area contributed by atoms with Crippen LogP contribution in [0.3, 0.4) is 0 Å². The van der Waals surface area contributed by atoms with Crippen LogP contribution in [0.4, 0.5) is 17.6 Å². The fourth-order valence-electron chi connectivity index (χ4n) is 1.87. The molecule has 1 aromatic rings. The predicted octanol–water partition coefficient (Wildman–Crippen LogP) is 3.78. The van der Waals surface area contributed by atoms with Gasteiger partial charge < -0.3 is 9.47 Å². The van der Waals surface area contributed by atoms with Gasteiger partial charge in [-0.05, 0) is 24.8 Å². The molecule has 0 saturated carbocycles. The van der Waals surface area contributed by atoms with Crippen LogP contribution in [-0.4, -0.2) is 37.5 Å². The van der Waals surface area contributed by atoms with Crippen LogP contribution in [0.15, 0.2) is 30.3 Å². The lowest BCUT2D eigenvalue weighted by Gasteiger charge is -2.14. The molecule has 0 radical (unpaired) electrons. The molecule has 0 N–H and O–H groups in total. The van der Waals surface area contributed by atoms with E-state index in [2.05, 4.69) is 4.74 Å². The average Bonchev–Trinajstić information content (AvgIpc) is 2.58. The second-order valence-corrected chi connectivity index (χ2v) is 5.39. The molecule has 0 spiro atoms. The van der Waals surface area contributed by atoms with Gasteiger partial charge in [0.15, 0.2) is 6.61 Å². The number of alkyl halides is 4. The molecule has 0 bridgehead atoms. The van der Waals surface area contributed by atoms with Crippen LogP contribution in [0.2, 0.25) is 0 Å². The molecule has 1 aromatic carbocycles. The molecule has 0 atom stereocenters. The predicted molar refractivity (Wildman–Crippen MR) is 81.5 cm³/mol. The summed E-state index contributed by atoms with van der Waals surface area (Å²) in [5.41, 5.74) is 1.13. The van der Waals surface area contributed by atoms with Crippen LogP contribution in [-0.2, 0) is 25.5 Å². The molecule has 8 heteroatoms. The molecule has 0 heterocycles. The van der Waals surface area contributed by atoms with Crippen molar-refractivity contribution in [3.8, 4) is 0 Å². The van der Waals surface area contributed by atoms with E-state index in [1.165, 1.54) is 0 Å². The summed E-state index contributed by atoms with van der Waals surface area (Å²) in [5, 5.41) is 0. The molecule has 1 rings (SSSR count). The number of benzene rings is 1. The number of hydrogen-bond donors (Lipinski definition) is 0. The summed E-state index contributed by atoms with van der Waals surface area (Å²) < 4.78 is 57.9. The van der Waals surface area contributed by atoms with Gasteiger partial charge in [0.2, 0.25) is 0 Å². The van der Waals surface area contributed by atoms with Gasteiger partial charge in [-0.2, -0.15) is 8.78 Å². The number of ether oxygens (including phenoxy) is 2. The summed E-state index contributed by atoms with van der Waals surface area (Å²) in [6.45, 7) is -1.44. The van der Waals surface area contributed by atoms with Crippen molar-refractivity contribution in [1.82, 2.24) is 0 Å². The van der Waals surface area contributed by atoms with Crippen LogP contribution >= 0.6 is 0 Å². The molecule has 140 valence electrons. The van der Waals surface area contributed by atoms with Crippen molar-refractivity contribution in [3.63, 3.8) is 0 Å². The zero-order valence-corrected chi connectivity index (χ0v) is 13.6. The van der Waals surface area contributed by atoms with Crippen molar-refractivity contribution in [3.05, 3.63) is 35.9 Å². The van der Waals surface area contributed by atoms with Crippen molar-refractivity contribution < 1.29 is 36.6 Å². The third-order valence-corrected chi connectivity index (χ3v) is 3.22. The van der Waals surface area contributed by atoms with E-state index < -0.39 is 30.9 Å². The number of carbonyl (C=O) groups excluding carboxylic acids is 2. The number of halogens is 4. The zero-order chi connectivity index (χ0) is 18.7. The van der Waals surface area contributed by atoms with E-state index in [-0.39, 0.29) is 25.9 Å². The number of aryl methyl sites for hydroxylation is 1. The summed E-state index contributed by atoms with van der Waals surface area (Å²) in [6.07, 6.45) is -2.84. The van der Waals surface area contributed by atoms with Gasteiger partial charge >= 0.3 is 24.3 Å². The molecule has 0 unspecified atom stereocenters. The third kappa shape index (κ3) is 9.07. The van der Waals surface area contributed by atoms with E-state index in [9.17, 15) is 27.2 Å². The minimum atomic E-state index is -4.37. The van der Waals surface area contributed by atoms with E-state index in [0.29, 0.717) is 6.42 Å². The van der Waals surface area contributed by atoms with Crippen LogP contribution in [0.25, 0.3) is 0 Å². The van der Waals surface area contributed by atoms with Gasteiger partial charge in [0.05, 0.1) is 6.61 Å². The van der Waals surface area contributed by atoms with E-state index in [4.69, 9.17) is 4.74 Å². The fraction of sp³-hybridized carbons (Fsp3) is 0.529. The van der Waals surface area contributed by atoms with Gasteiger partial charge in [0.1, 0.15) is 0 Å². The highest BCUT2D eigenvalue weighted by atomic mass is 19.3. The number of hydrogen-bond acceptors (Lipinski definition) is 4. The highest BCUT2D eigenvalue weighted by Crippen LogP contribution is 2.23. The molecule has 0 aliphatic rings. The van der Waals surface area contributed by atoms with E-state index in [1.807, 2.05) is 30.3 Å². The summed E-state index contributed by atoms with van der Waals surface area (Å²) in [4.78, 5) is 22.6. The van der Waals surface area contributed by atoms with Gasteiger partial charge in [-0.3, -0.25) is 9.59 Å². The standard InChI is InChI=1S/C17H20F4O4/c18-16(19)17(20,21)12-25-15(23)10-4-9-14(22)24-11-5-8-13-6-2-1-3-7-13/h1-3,6-7,16H,4-5,8-12H2. The highest BCUT2D eigenvalue weighted by molar-refractivity contribution is 5.72. The minimum absolute atomic E-state index is 0.0383. The first-order valence-electron chi connectivity index (χ1n) is 7.82. The Kier molecular flexibility index (Phi) is 8.94. The maximum Gasteiger partial charge on any atom is 0.340 e. The van der Waals surface area contributed by atoms with Crippen molar-refractivity contribution in [1.29, 1.82) is 0 Å². The SMILES string of the molecule is O=C(CCCC(=O)OCC(F)(F)C(F)F)OCCCc1ccccc1. The second kappa shape index (κ2) is 10.7. The van der Waals surface area contributed by atoms with E-state index in [1.54, 1.807) is 0 Å². The Bertz CT molecular complexity index is 535. The lowest BCUT2D eigenvalue weighted by molar-refractivity contribution is -0.179. The number of esters is 2. The topological polar surface area (TPSA) is 52.6 Å². The highest BCUT2D eigenvalue weighted by Gasteiger charge is 2.42. The van der Waals surface area contributed by atoms with Crippen LogP contribution in [0.1, 0.15) is 31.2 Å². The Hall–Kier alpha value is -2.12. The molecule has 0 amide bonds. The van der Waals surface area contributed by atoms with Gasteiger partial charge in [-0.25, -0.2) is 8.78 Å². The molecule has 4 nitrogen and oxygen atoms in total. The average molecular weight is 364 g/mol. The summed E-state index contributed by atoms with van der Waals surface area (Å²) in [6, 6.07) is 9.66. The first-order valence-corrected chi connectivity index (χ1v) is 7.82. The molecule has 0 aromatic heterocycles. The van der Waals surface area contributed by atoms with Crippen molar-refractivity contribution >= 4 is 11.9 Å². The van der Waals surface area contributed by atoms with Crippen LogP contribution in [0.5, 0.6) is 0 Å². The Morgan fingerprint density at radius 1 is 0.960 bits per heavy atom. The lowest BCUT2D eigenvalue weighted by Crippen LogP contribution is -2.33. The van der Waals surface area contributed by atoms with E-state index >= 15 is 0 Å². The molecule has 0 aliphatic carbocycles. The van der Waals surface area contributed by atoms with Gasteiger partial charge in [0, 0.05) is 12.8 Å². The fourth-order valence-corrected chi connectivity index (χ4v) is 1.87. The normalized spacial score (nSPS) is 11.4. The van der Waals surface area contributed by atoms with E-state index in [0.717, 1.165) is 12.0 Å². The molecular weight excluding hydrogens is 344 g/mol. The second-order valence-electron chi connectivity index (χ2n) is 5.39. The monoisotopic (exact) mass is 364 g/mol. The zero-order valence-electron chi connectivity index (χ0n) is 13.6. The molecule has 25 heavy (non-hydrogen) atoms. The van der Waals surface area contributed by atoms with Crippen LogP contribution < -0.4 is 0 Å². The Balaban J connectivity index is 2.07. The summed E-state index contributed by atoms with van der Waals surface area (Å²) in [5.74, 6) is -5.94. The smallest absolute Gasteiger partial charge is 0.340 e. The largest absolute Gasteiger partial charge is 0.466 e. The molecular formula is C17H20F4O4. The van der Waals surface area contributed by atoms with Gasteiger partial charge in [0.25, 0.3) is 0 Å². The third-order valence-electron chi connectivity index (χ3n) is 3.22. The first-order chi connectivity index (χ1) is 11.8. The molecule has 0 saturated heterocycles. The maximum atomic E-state index is 12.6. The number of rotatable bonds is 11. The lowest BCUT2D eigenvalue weighted by atomic mass is 10.1. The van der Waals surface area contributed by atoms with Crippen molar-refractivity contribution in [2.24, 2.45) is 0 Å². The Morgan fingerprint density at radius 2 is 1.56 bits per heavy atom. The number of carbonyl (C=O) groups is 2. The maximum absolute atomic E-state index is 12.6. The van der Waals surface area contributed by atoms with Gasteiger partial charge in [-0.15, -0.1) is 0 Å². The first kappa shape index (κ1) is 20.9. The molecule has 0 fully saturated rings. The van der Waals surface area contributed by atoms with Crippen molar-refractivity contribution in [2.45, 2.75) is 44.5 Å². The van der Waals surface area contributed by atoms with Crippen molar-refractivity contribution in [2.75, 3.05) is 13.2 Å². The summed E-state index contributed by atoms with van der Waals surface area (Å²) in [7, 11) is 0. The minimum Gasteiger partial charge on any atom is -0.466 e. The van der Waals surface area contributed by atoms with Gasteiger partial charge in [-0.1, -0.05) is 30.3 Å². The molecule has 0 aliphatic heterocycles. The quantitative estimate of drug-likeness (QED) is 0.341.